The standard InChI is InChI=1S/C11H16O3S/c1-10-2-4-11(5-3-10)15-14-9-8-13-7-6-12/h2-5,12H,6-9H2,1H3. The Balaban J connectivity index is 2.07. The predicted molar refractivity (Wildman–Crippen MR) is 60.9 cm³/mol. The summed E-state index contributed by atoms with van der Waals surface area (Å²) in [6.07, 6.45) is 0. The molecule has 0 unspecified atom stereocenters. The van der Waals surface area contributed by atoms with Gasteiger partial charge in [0.05, 0.1) is 26.4 Å². The number of rotatable bonds is 7. The zero-order chi connectivity index (χ0) is 10.9. The Hall–Kier alpha value is -0.550. The number of aliphatic hydroxyl groups excluding tert-OH is 1. The molecule has 3 nitrogen and oxygen atoms in total. The van der Waals surface area contributed by atoms with Crippen molar-refractivity contribution < 1.29 is 14.0 Å². The highest BCUT2D eigenvalue weighted by Gasteiger charge is 1.94. The van der Waals surface area contributed by atoms with Gasteiger partial charge in [0, 0.05) is 16.9 Å². The number of hydrogen-bond acceptors (Lipinski definition) is 4. The molecule has 0 aliphatic rings. The van der Waals surface area contributed by atoms with Crippen LogP contribution < -0.4 is 0 Å². The van der Waals surface area contributed by atoms with E-state index in [-0.39, 0.29) is 6.61 Å². The number of hydrogen-bond donors (Lipinski definition) is 1. The number of aryl methyl sites for hydroxylation is 1. The van der Waals surface area contributed by atoms with Crippen molar-refractivity contribution in [2.24, 2.45) is 0 Å². The lowest BCUT2D eigenvalue weighted by Gasteiger charge is -2.03. The lowest BCUT2D eigenvalue weighted by Crippen LogP contribution is -2.04. The van der Waals surface area contributed by atoms with Gasteiger partial charge in [-0.2, -0.15) is 0 Å². The summed E-state index contributed by atoms with van der Waals surface area (Å²) in [6.45, 7) is 3.53. The van der Waals surface area contributed by atoms with E-state index in [0.29, 0.717) is 19.8 Å². The monoisotopic (exact) mass is 228 g/mol. The summed E-state index contributed by atoms with van der Waals surface area (Å²) in [5.74, 6) is 0. The smallest absolute Gasteiger partial charge is 0.0852 e. The lowest BCUT2D eigenvalue weighted by molar-refractivity contribution is 0.0748. The average Bonchev–Trinajstić information content (AvgIpc) is 2.26. The quantitative estimate of drug-likeness (QED) is 0.572. The van der Waals surface area contributed by atoms with Crippen molar-refractivity contribution in [3.63, 3.8) is 0 Å². The van der Waals surface area contributed by atoms with E-state index in [4.69, 9.17) is 14.0 Å². The first-order valence-corrected chi connectivity index (χ1v) is 5.62. The molecule has 1 N–H and O–H groups in total. The zero-order valence-electron chi connectivity index (χ0n) is 8.81. The second kappa shape index (κ2) is 7.70. The van der Waals surface area contributed by atoms with E-state index in [0.717, 1.165) is 4.90 Å². The van der Waals surface area contributed by atoms with E-state index in [9.17, 15) is 0 Å². The third-order valence-corrected chi connectivity index (χ3v) is 2.47. The Morgan fingerprint density at radius 3 is 2.53 bits per heavy atom. The molecule has 0 atom stereocenters. The number of aliphatic hydroxyl groups is 1. The van der Waals surface area contributed by atoms with Gasteiger partial charge in [0.1, 0.15) is 0 Å². The van der Waals surface area contributed by atoms with E-state index in [1.165, 1.54) is 17.6 Å². The molecule has 0 aliphatic carbocycles. The van der Waals surface area contributed by atoms with Gasteiger partial charge in [0.25, 0.3) is 0 Å². The molecule has 0 heterocycles. The van der Waals surface area contributed by atoms with Crippen LogP contribution in [0.4, 0.5) is 0 Å². The summed E-state index contributed by atoms with van der Waals surface area (Å²) in [7, 11) is 0. The van der Waals surface area contributed by atoms with Crippen LogP contribution in [0.5, 0.6) is 0 Å². The largest absolute Gasteiger partial charge is 0.394 e. The third kappa shape index (κ3) is 5.79. The highest BCUT2D eigenvalue weighted by Crippen LogP contribution is 2.18. The summed E-state index contributed by atoms with van der Waals surface area (Å²) in [4.78, 5) is 1.09. The fraction of sp³-hybridized carbons (Fsp3) is 0.455. The zero-order valence-corrected chi connectivity index (χ0v) is 9.63. The van der Waals surface area contributed by atoms with Crippen LogP contribution in [0.25, 0.3) is 0 Å². The van der Waals surface area contributed by atoms with Crippen LogP contribution in [0.1, 0.15) is 5.56 Å². The number of benzene rings is 1. The van der Waals surface area contributed by atoms with Crippen molar-refractivity contribution in [1.29, 1.82) is 0 Å². The molecular weight excluding hydrogens is 212 g/mol. The Morgan fingerprint density at radius 2 is 1.87 bits per heavy atom. The van der Waals surface area contributed by atoms with Crippen LogP contribution in [-0.2, 0) is 8.92 Å². The van der Waals surface area contributed by atoms with Crippen LogP contribution in [-0.4, -0.2) is 31.5 Å². The molecule has 0 saturated carbocycles. The Kier molecular flexibility index (Phi) is 6.43. The highest BCUT2D eigenvalue weighted by atomic mass is 32.2. The normalized spacial score (nSPS) is 10.5. The van der Waals surface area contributed by atoms with E-state index in [1.807, 2.05) is 24.3 Å². The first-order valence-electron chi connectivity index (χ1n) is 4.87. The lowest BCUT2D eigenvalue weighted by atomic mass is 10.2. The van der Waals surface area contributed by atoms with Gasteiger partial charge in [-0.05, 0) is 19.1 Å². The summed E-state index contributed by atoms with van der Waals surface area (Å²) in [5, 5.41) is 8.46. The molecule has 4 heteroatoms. The highest BCUT2D eigenvalue weighted by molar-refractivity contribution is 7.94. The van der Waals surface area contributed by atoms with Crippen molar-refractivity contribution in [2.45, 2.75) is 11.8 Å². The second-order valence-corrected chi connectivity index (χ2v) is 3.93. The van der Waals surface area contributed by atoms with E-state index >= 15 is 0 Å². The topological polar surface area (TPSA) is 38.7 Å². The van der Waals surface area contributed by atoms with Crippen LogP contribution in [0, 0.1) is 6.92 Å². The molecule has 0 aliphatic heterocycles. The van der Waals surface area contributed by atoms with Crippen molar-refractivity contribution >= 4 is 12.0 Å². The van der Waals surface area contributed by atoms with E-state index < -0.39 is 0 Å². The number of ether oxygens (including phenoxy) is 1. The van der Waals surface area contributed by atoms with Crippen molar-refractivity contribution in [3.8, 4) is 0 Å². The fourth-order valence-corrected chi connectivity index (χ4v) is 1.50. The van der Waals surface area contributed by atoms with Gasteiger partial charge >= 0.3 is 0 Å². The van der Waals surface area contributed by atoms with E-state index in [2.05, 4.69) is 6.92 Å². The van der Waals surface area contributed by atoms with Crippen LogP contribution >= 0.6 is 12.0 Å². The van der Waals surface area contributed by atoms with Crippen molar-refractivity contribution in [1.82, 2.24) is 0 Å². The van der Waals surface area contributed by atoms with Gasteiger partial charge in [-0.1, -0.05) is 17.7 Å². The molecule has 0 amide bonds. The maximum absolute atomic E-state index is 8.46. The molecule has 0 saturated heterocycles. The molecule has 0 bridgehead atoms. The van der Waals surface area contributed by atoms with Gasteiger partial charge in [-0.3, -0.25) is 0 Å². The van der Waals surface area contributed by atoms with Gasteiger partial charge in [-0.25, -0.2) is 0 Å². The Bertz CT molecular complexity index is 261. The van der Waals surface area contributed by atoms with E-state index in [1.54, 1.807) is 0 Å². The Labute approximate surface area is 94.6 Å². The first-order chi connectivity index (χ1) is 7.33. The molecule has 0 fully saturated rings. The summed E-state index contributed by atoms with van der Waals surface area (Å²) < 4.78 is 10.4. The summed E-state index contributed by atoms with van der Waals surface area (Å²) in [6, 6.07) is 8.14. The minimum absolute atomic E-state index is 0.0606. The summed E-state index contributed by atoms with van der Waals surface area (Å²) >= 11 is 1.34. The van der Waals surface area contributed by atoms with Gasteiger partial charge in [0.15, 0.2) is 0 Å². The predicted octanol–water partition coefficient (Wildman–Crippen LogP) is 2.03. The molecule has 0 spiro atoms. The van der Waals surface area contributed by atoms with Crippen molar-refractivity contribution in [3.05, 3.63) is 29.8 Å². The maximum atomic E-state index is 8.46. The minimum atomic E-state index is 0.0606. The van der Waals surface area contributed by atoms with Gasteiger partial charge in [-0.15, -0.1) is 0 Å². The van der Waals surface area contributed by atoms with Crippen LogP contribution in [0.3, 0.4) is 0 Å². The molecule has 1 rings (SSSR count). The molecular formula is C11H16O3S. The van der Waals surface area contributed by atoms with Crippen molar-refractivity contribution in [2.75, 3.05) is 26.4 Å². The second-order valence-electron chi connectivity index (χ2n) is 3.05. The summed E-state index contributed by atoms with van der Waals surface area (Å²) in [5.41, 5.74) is 1.24. The minimum Gasteiger partial charge on any atom is -0.394 e. The van der Waals surface area contributed by atoms with Crippen LogP contribution in [0.2, 0.25) is 0 Å². The first kappa shape index (κ1) is 12.5. The molecule has 0 aromatic heterocycles. The van der Waals surface area contributed by atoms with Gasteiger partial charge in [0.2, 0.25) is 0 Å². The molecule has 1 aromatic carbocycles. The average molecular weight is 228 g/mol. The maximum Gasteiger partial charge on any atom is 0.0852 e. The SMILES string of the molecule is Cc1ccc(SOCCOCCO)cc1. The van der Waals surface area contributed by atoms with Crippen LogP contribution in [0.15, 0.2) is 29.2 Å². The molecule has 0 radical (unpaired) electrons. The molecule has 84 valence electrons. The molecule has 15 heavy (non-hydrogen) atoms. The van der Waals surface area contributed by atoms with Gasteiger partial charge < -0.3 is 14.0 Å². The molecule has 1 aromatic rings. The fourth-order valence-electron chi connectivity index (χ4n) is 0.963. The Morgan fingerprint density at radius 1 is 1.13 bits per heavy atom. The third-order valence-electron chi connectivity index (χ3n) is 1.72.